The van der Waals surface area contributed by atoms with Gasteiger partial charge in [-0.05, 0) is 58.1 Å². The number of benzene rings is 1. The molecule has 1 N–H and O–H groups in total. The average molecular weight is 428 g/mol. The molecule has 0 bridgehead atoms. The molecule has 4 rings (SSSR count). The lowest BCUT2D eigenvalue weighted by atomic mass is 9.67. The molecule has 5 nitrogen and oxygen atoms in total. The quantitative estimate of drug-likeness (QED) is 0.518. The van der Waals surface area contributed by atoms with E-state index in [1.54, 1.807) is 0 Å². The van der Waals surface area contributed by atoms with Crippen LogP contribution < -0.4 is 4.74 Å². The van der Waals surface area contributed by atoms with Crippen molar-refractivity contribution in [3.63, 3.8) is 0 Å². The Morgan fingerprint density at radius 2 is 2.00 bits per heavy atom. The van der Waals surface area contributed by atoms with Crippen molar-refractivity contribution in [2.45, 2.75) is 77.7 Å². The molecule has 2 atom stereocenters. The highest BCUT2D eigenvalue weighted by Crippen LogP contribution is 2.54. The predicted molar refractivity (Wildman–Crippen MR) is 122 cm³/mol. The fourth-order valence-electron chi connectivity index (χ4n) is 5.54. The molecule has 2 aliphatic heterocycles. The molecule has 0 saturated carbocycles. The average Bonchev–Trinajstić information content (AvgIpc) is 2.73. The molecule has 1 amide bonds. The largest absolute Gasteiger partial charge is 0.507 e. The van der Waals surface area contributed by atoms with Gasteiger partial charge in [-0.15, -0.1) is 0 Å². The summed E-state index contributed by atoms with van der Waals surface area (Å²) in [5, 5.41) is 11.6. The molecular formula is C26H37NO4. The summed E-state index contributed by atoms with van der Waals surface area (Å²) in [4.78, 5) is 15.4. The smallest absolute Gasteiger partial charge is 0.258 e. The minimum Gasteiger partial charge on any atom is -0.507 e. The molecule has 2 heterocycles. The number of aromatic hydroxyl groups is 1. The number of phenolic OH excluding ortho intramolecular Hbond substituents is 1. The lowest BCUT2D eigenvalue weighted by molar-refractivity contribution is 0.0105. The summed E-state index contributed by atoms with van der Waals surface area (Å²) in [5.41, 5.74) is 3.23. The van der Waals surface area contributed by atoms with Gasteiger partial charge in [-0.3, -0.25) is 4.79 Å². The van der Waals surface area contributed by atoms with Gasteiger partial charge in [-0.25, -0.2) is 0 Å². The number of carbonyl (C=O) groups is 1. The van der Waals surface area contributed by atoms with Crippen LogP contribution in [0.3, 0.4) is 0 Å². The van der Waals surface area contributed by atoms with E-state index in [4.69, 9.17) is 9.47 Å². The van der Waals surface area contributed by atoms with Crippen molar-refractivity contribution in [3.05, 3.63) is 34.4 Å². The third-order valence-electron chi connectivity index (χ3n) is 7.29. The minimum absolute atomic E-state index is 0.0759. The normalized spacial score (nSPS) is 24.6. The summed E-state index contributed by atoms with van der Waals surface area (Å²) in [6.07, 6.45) is 8.35. The second kappa shape index (κ2) is 8.85. The number of nitrogens with zero attached hydrogens (tertiary/aromatic N) is 1. The highest BCUT2D eigenvalue weighted by Gasteiger charge is 2.46. The number of rotatable bonds is 5. The Morgan fingerprint density at radius 1 is 1.26 bits per heavy atom. The van der Waals surface area contributed by atoms with Crippen molar-refractivity contribution in [2.75, 3.05) is 26.3 Å². The molecule has 1 aromatic rings. The molecule has 0 spiro atoms. The Kier molecular flexibility index (Phi) is 6.34. The van der Waals surface area contributed by atoms with E-state index in [-0.39, 0.29) is 29.1 Å². The van der Waals surface area contributed by atoms with Crippen LogP contribution in [0.1, 0.15) is 87.2 Å². The van der Waals surface area contributed by atoms with Crippen molar-refractivity contribution in [1.82, 2.24) is 4.90 Å². The Bertz CT molecular complexity index is 867. The summed E-state index contributed by atoms with van der Waals surface area (Å²) in [7, 11) is 0. The van der Waals surface area contributed by atoms with Crippen molar-refractivity contribution < 1.29 is 19.4 Å². The van der Waals surface area contributed by atoms with Gasteiger partial charge < -0.3 is 19.5 Å². The summed E-state index contributed by atoms with van der Waals surface area (Å²) < 4.78 is 11.9. The molecule has 5 heteroatoms. The van der Waals surface area contributed by atoms with Crippen LogP contribution in [0.4, 0.5) is 0 Å². The van der Waals surface area contributed by atoms with E-state index in [9.17, 15) is 9.90 Å². The molecule has 31 heavy (non-hydrogen) atoms. The predicted octanol–water partition coefficient (Wildman–Crippen LogP) is 5.21. The van der Waals surface area contributed by atoms with Crippen LogP contribution in [0.25, 0.3) is 0 Å². The molecular weight excluding hydrogens is 390 g/mol. The van der Waals surface area contributed by atoms with Gasteiger partial charge in [0.15, 0.2) is 0 Å². The van der Waals surface area contributed by atoms with Crippen LogP contribution in [-0.2, 0) is 11.2 Å². The molecule has 1 aromatic carbocycles. The third kappa shape index (κ3) is 4.21. The van der Waals surface area contributed by atoms with Crippen LogP contribution in [0.5, 0.6) is 11.5 Å². The lowest BCUT2D eigenvalue weighted by Gasteiger charge is -2.46. The zero-order valence-corrected chi connectivity index (χ0v) is 19.5. The van der Waals surface area contributed by atoms with Gasteiger partial charge in [-0.1, -0.05) is 31.4 Å². The monoisotopic (exact) mass is 427 g/mol. The van der Waals surface area contributed by atoms with E-state index >= 15 is 0 Å². The summed E-state index contributed by atoms with van der Waals surface area (Å²) in [6, 6.07) is 2.05. The van der Waals surface area contributed by atoms with Gasteiger partial charge in [0.1, 0.15) is 17.1 Å². The van der Waals surface area contributed by atoms with Gasteiger partial charge in [0, 0.05) is 30.5 Å². The van der Waals surface area contributed by atoms with E-state index in [0.717, 1.165) is 55.4 Å². The Morgan fingerprint density at radius 3 is 2.71 bits per heavy atom. The fourth-order valence-corrected chi connectivity index (χ4v) is 5.54. The van der Waals surface area contributed by atoms with Crippen molar-refractivity contribution in [2.24, 2.45) is 5.92 Å². The van der Waals surface area contributed by atoms with E-state index in [1.807, 2.05) is 11.0 Å². The molecule has 0 aromatic heterocycles. The third-order valence-corrected chi connectivity index (χ3v) is 7.29. The summed E-state index contributed by atoms with van der Waals surface area (Å²) in [5.74, 6) is 1.17. The van der Waals surface area contributed by atoms with Gasteiger partial charge >= 0.3 is 0 Å². The number of aryl methyl sites for hydroxylation is 1. The maximum atomic E-state index is 13.6. The SMILES string of the molecule is CCCCCc1cc2c(c(O)c1C(=O)N1CCOCC1)C1C=C(C)CC[C@H]1C(C)(C)O2. The fraction of sp³-hybridized carbons (Fsp3) is 0.654. The lowest BCUT2D eigenvalue weighted by Crippen LogP contribution is -2.45. The standard InChI is InChI=1S/C26H37NO4/c1-5-6-7-8-18-16-21-23(19-15-17(2)9-10-20(19)26(3,4)31-21)24(28)22(18)25(29)27-11-13-30-14-12-27/h15-16,19-20,28H,5-14H2,1-4H3/t19?,20-/m1/s1. The maximum Gasteiger partial charge on any atom is 0.258 e. The first-order valence-corrected chi connectivity index (χ1v) is 12.0. The van der Waals surface area contributed by atoms with E-state index in [0.29, 0.717) is 31.9 Å². The second-order valence-electron chi connectivity index (χ2n) is 9.92. The summed E-state index contributed by atoms with van der Waals surface area (Å²) in [6.45, 7) is 10.9. The Hall–Kier alpha value is -2.01. The maximum absolute atomic E-state index is 13.6. The molecule has 3 aliphatic rings. The summed E-state index contributed by atoms with van der Waals surface area (Å²) >= 11 is 0. The number of morpholine rings is 1. The van der Waals surface area contributed by atoms with Crippen molar-refractivity contribution in [1.29, 1.82) is 0 Å². The number of hydrogen-bond donors (Lipinski definition) is 1. The number of ether oxygens (including phenoxy) is 2. The molecule has 1 fully saturated rings. The number of allylic oxidation sites excluding steroid dienone is 2. The van der Waals surface area contributed by atoms with E-state index in [2.05, 4.69) is 33.8 Å². The van der Waals surface area contributed by atoms with Gasteiger partial charge in [0.25, 0.3) is 5.91 Å². The van der Waals surface area contributed by atoms with Gasteiger partial charge in [0.05, 0.1) is 18.8 Å². The minimum atomic E-state index is -0.308. The van der Waals surface area contributed by atoms with Crippen LogP contribution in [0.2, 0.25) is 0 Å². The molecule has 0 radical (unpaired) electrons. The first kappa shape index (κ1) is 22.2. The first-order valence-electron chi connectivity index (χ1n) is 12.0. The number of amides is 1. The number of unbranched alkanes of at least 4 members (excludes halogenated alkanes) is 2. The molecule has 1 aliphatic carbocycles. The topological polar surface area (TPSA) is 59.0 Å². The molecule has 1 saturated heterocycles. The van der Waals surface area contributed by atoms with Gasteiger partial charge in [-0.2, -0.15) is 0 Å². The second-order valence-corrected chi connectivity index (χ2v) is 9.92. The highest BCUT2D eigenvalue weighted by molar-refractivity contribution is 5.99. The van der Waals surface area contributed by atoms with E-state index < -0.39 is 0 Å². The molecule has 1 unspecified atom stereocenters. The zero-order valence-electron chi connectivity index (χ0n) is 19.5. The first-order chi connectivity index (χ1) is 14.8. The number of phenols is 1. The van der Waals surface area contributed by atoms with Crippen LogP contribution in [-0.4, -0.2) is 47.8 Å². The highest BCUT2D eigenvalue weighted by atomic mass is 16.5. The van der Waals surface area contributed by atoms with Gasteiger partial charge in [0.2, 0.25) is 0 Å². The van der Waals surface area contributed by atoms with Crippen LogP contribution in [0.15, 0.2) is 17.7 Å². The van der Waals surface area contributed by atoms with Crippen LogP contribution in [0, 0.1) is 5.92 Å². The van der Waals surface area contributed by atoms with Crippen molar-refractivity contribution in [3.8, 4) is 11.5 Å². The van der Waals surface area contributed by atoms with Crippen LogP contribution >= 0.6 is 0 Å². The Labute approximate surface area is 186 Å². The number of carbonyl (C=O) groups excluding carboxylic acids is 1. The van der Waals surface area contributed by atoms with E-state index in [1.165, 1.54) is 5.57 Å². The number of hydrogen-bond acceptors (Lipinski definition) is 4. The Balaban J connectivity index is 1.83. The number of fused-ring (bicyclic) bond motifs is 3. The zero-order chi connectivity index (χ0) is 22.2. The van der Waals surface area contributed by atoms with Crippen molar-refractivity contribution >= 4 is 5.91 Å². The molecule has 170 valence electrons.